The van der Waals surface area contributed by atoms with Crippen molar-refractivity contribution in [3.63, 3.8) is 0 Å². The van der Waals surface area contributed by atoms with Gasteiger partial charge in [0.1, 0.15) is 5.21 Å². The predicted octanol–water partition coefficient (Wildman–Crippen LogP) is -0.517. The molecule has 0 amide bonds. The molecule has 62 valence electrons. The fourth-order valence-electron chi connectivity index (χ4n) is 0.286. The van der Waals surface area contributed by atoms with E-state index in [1.54, 1.807) is 0 Å². The standard InChI is InChI=1S/C4H10ClNO3S/c1-4(7)2-6-10(8,9)3-5/h4,6-7H,2-3H2,1H3/t4-/m0/s1. The summed E-state index contributed by atoms with van der Waals surface area (Å²) in [5, 5.41) is 8.17. The van der Waals surface area contributed by atoms with Crippen molar-refractivity contribution < 1.29 is 13.5 Å². The van der Waals surface area contributed by atoms with Crippen molar-refractivity contribution in [2.45, 2.75) is 13.0 Å². The van der Waals surface area contributed by atoms with E-state index in [1.807, 2.05) is 0 Å². The first-order chi connectivity index (χ1) is 4.48. The second-order valence-corrected chi connectivity index (χ2v) is 4.31. The summed E-state index contributed by atoms with van der Waals surface area (Å²) in [5.74, 6) is 0. The van der Waals surface area contributed by atoms with E-state index in [9.17, 15) is 8.42 Å². The molecule has 0 aromatic heterocycles. The number of hydrogen-bond donors (Lipinski definition) is 2. The molecule has 0 radical (unpaired) electrons. The van der Waals surface area contributed by atoms with Crippen molar-refractivity contribution in [2.75, 3.05) is 11.8 Å². The molecule has 0 fully saturated rings. The maximum Gasteiger partial charge on any atom is 0.225 e. The minimum Gasteiger partial charge on any atom is -0.392 e. The van der Waals surface area contributed by atoms with Crippen molar-refractivity contribution in [1.29, 1.82) is 0 Å². The molecule has 6 heteroatoms. The van der Waals surface area contributed by atoms with E-state index in [0.717, 1.165) is 0 Å². The van der Waals surface area contributed by atoms with Crippen LogP contribution in [-0.2, 0) is 10.0 Å². The fraction of sp³-hybridized carbons (Fsp3) is 1.00. The van der Waals surface area contributed by atoms with Crippen molar-refractivity contribution in [3.05, 3.63) is 0 Å². The Balaban J connectivity index is 3.70. The molecular formula is C4H10ClNO3S. The number of rotatable bonds is 4. The summed E-state index contributed by atoms with van der Waals surface area (Å²) in [6, 6.07) is 0. The van der Waals surface area contributed by atoms with Crippen molar-refractivity contribution in [2.24, 2.45) is 0 Å². The Morgan fingerprint density at radius 1 is 1.70 bits per heavy atom. The fourth-order valence-corrected chi connectivity index (χ4v) is 1.09. The van der Waals surface area contributed by atoms with Crippen LogP contribution < -0.4 is 4.72 Å². The summed E-state index contributed by atoms with van der Waals surface area (Å²) in [5.41, 5.74) is 0. The van der Waals surface area contributed by atoms with Gasteiger partial charge in [0, 0.05) is 6.54 Å². The van der Waals surface area contributed by atoms with Crippen LogP contribution in [0.2, 0.25) is 0 Å². The number of nitrogens with one attached hydrogen (secondary N) is 1. The molecule has 0 spiro atoms. The molecule has 0 unspecified atom stereocenters. The highest BCUT2D eigenvalue weighted by molar-refractivity contribution is 7.90. The molecule has 0 aliphatic heterocycles. The molecule has 0 aliphatic carbocycles. The predicted molar refractivity (Wildman–Crippen MR) is 39.3 cm³/mol. The summed E-state index contributed by atoms with van der Waals surface area (Å²) in [6.07, 6.45) is -0.682. The van der Waals surface area contributed by atoms with Crippen LogP contribution in [0.5, 0.6) is 0 Å². The molecule has 2 N–H and O–H groups in total. The van der Waals surface area contributed by atoms with Gasteiger partial charge >= 0.3 is 0 Å². The Labute approximate surface area is 65.2 Å². The first-order valence-corrected chi connectivity index (χ1v) is 4.88. The van der Waals surface area contributed by atoms with Crippen molar-refractivity contribution in [3.8, 4) is 0 Å². The number of alkyl halides is 1. The lowest BCUT2D eigenvalue weighted by molar-refractivity contribution is 0.198. The van der Waals surface area contributed by atoms with E-state index in [0.29, 0.717) is 0 Å². The van der Waals surface area contributed by atoms with E-state index < -0.39 is 21.3 Å². The zero-order chi connectivity index (χ0) is 8.20. The van der Waals surface area contributed by atoms with Crippen molar-refractivity contribution >= 4 is 21.6 Å². The van der Waals surface area contributed by atoms with Crippen LogP contribution in [0.1, 0.15) is 6.92 Å². The van der Waals surface area contributed by atoms with Crippen LogP contribution in [0.4, 0.5) is 0 Å². The van der Waals surface area contributed by atoms with Crippen LogP contribution in [0.15, 0.2) is 0 Å². The van der Waals surface area contributed by atoms with Crippen molar-refractivity contribution in [1.82, 2.24) is 4.72 Å². The normalized spacial score (nSPS) is 15.1. The number of halogens is 1. The van der Waals surface area contributed by atoms with Gasteiger partial charge in [-0.15, -0.1) is 11.6 Å². The van der Waals surface area contributed by atoms with Crippen LogP contribution in [0, 0.1) is 0 Å². The summed E-state index contributed by atoms with van der Waals surface area (Å²) in [4.78, 5) is 0. The molecule has 10 heavy (non-hydrogen) atoms. The van der Waals surface area contributed by atoms with Gasteiger partial charge in [-0.2, -0.15) is 0 Å². The molecule has 0 rings (SSSR count). The first-order valence-electron chi connectivity index (χ1n) is 2.69. The highest BCUT2D eigenvalue weighted by Gasteiger charge is 2.07. The monoisotopic (exact) mass is 187 g/mol. The zero-order valence-electron chi connectivity index (χ0n) is 5.54. The summed E-state index contributed by atoms with van der Waals surface area (Å²) >= 11 is 5.04. The Morgan fingerprint density at radius 2 is 2.20 bits per heavy atom. The van der Waals surface area contributed by atoms with E-state index in [4.69, 9.17) is 16.7 Å². The van der Waals surface area contributed by atoms with E-state index >= 15 is 0 Å². The van der Waals surface area contributed by atoms with Gasteiger partial charge in [0.25, 0.3) is 0 Å². The highest BCUT2D eigenvalue weighted by Crippen LogP contribution is 1.87. The minimum absolute atomic E-state index is 0.00898. The van der Waals surface area contributed by atoms with Gasteiger partial charge in [0.05, 0.1) is 6.10 Å². The topological polar surface area (TPSA) is 66.4 Å². The van der Waals surface area contributed by atoms with Gasteiger partial charge < -0.3 is 5.11 Å². The van der Waals surface area contributed by atoms with E-state index in [2.05, 4.69) is 4.72 Å². The molecule has 0 aliphatic rings. The molecule has 0 aromatic rings. The van der Waals surface area contributed by atoms with E-state index in [1.165, 1.54) is 6.92 Å². The molecule has 0 saturated carbocycles. The third-order valence-corrected chi connectivity index (χ3v) is 2.50. The van der Waals surface area contributed by atoms with E-state index in [-0.39, 0.29) is 6.54 Å². The van der Waals surface area contributed by atoms with Gasteiger partial charge in [-0.25, -0.2) is 13.1 Å². The van der Waals surface area contributed by atoms with Crippen LogP contribution in [0.25, 0.3) is 0 Å². The lowest BCUT2D eigenvalue weighted by Gasteiger charge is -2.04. The molecule has 4 nitrogen and oxygen atoms in total. The average Bonchev–Trinajstić information content (AvgIpc) is 1.85. The summed E-state index contributed by atoms with van der Waals surface area (Å²) in [6.45, 7) is 1.49. The first kappa shape index (κ1) is 10.2. The molecule has 0 heterocycles. The Morgan fingerprint density at radius 3 is 2.50 bits per heavy atom. The third-order valence-electron chi connectivity index (χ3n) is 0.742. The zero-order valence-corrected chi connectivity index (χ0v) is 7.11. The van der Waals surface area contributed by atoms with Gasteiger partial charge in [-0.1, -0.05) is 0 Å². The number of sulfonamides is 1. The molecular weight excluding hydrogens is 178 g/mol. The number of aliphatic hydroxyl groups excluding tert-OH is 1. The summed E-state index contributed by atoms with van der Waals surface area (Å²) in [7, 11) is -3.36. The smallest absolute Gasteiger partial charge is 0.225 e. The molecule has 0 bridgehead atoms. The number of hydrogen-bond acceptors (Lipinski definition) is 3. The quantitative estimate of drug-likeness (QED) is 0.583. The van der Waals surface area contributed by atoms with Gasteiger partial charge in [-0.3, -0.25) is 0 Å². The molecule has 0 aromatic carbocycles. The minimum atomic E-state index is -3.36. The molecule has 1 atom stereocenters. The van der Waals surface area contributed by atoms with Crippen LogP contribution in [0.3, 0.4) is 0 Å². The average molecular weight is 188 g/mol. The number of aliphatic hydroxyl groups is 1. The summed E-state index contributed by atoms with van der Waals surface area (Å²) < 4.78 is 23.2. The Kier molecular flexibility index (Phi) is 4.19. The second kappa shape index (κ2) is 4.12. The highest BCUT2D eigenvalue weighted by atomic mass is 35.5. The maximum absolute atomic E-state index is 10.5. The van der Waals surface area contributed by atoms with Gasteiger partial charge in [0.2, 0.25) is 10.0 Å². The van der Waals surface area contributed by atoms with Gasteiger partial charge in [-0.05, 0) is 6.92 Å². The largest absolute Gasteiger partial charge is 0.392 e. The maximum atomic E-state index is 10.5. The van der Waals surface area contributed by atoms with Gasteiger partial charge in [0.15, 0.2) is 0 Å². The Hall–Kier alpha value is 0.160. The van der Waals surface area contributed by atoms with Crippen LogP contribution in [-0.4, -0.2) is 31.4 Å². The lowest BCUT2D eigenvalue weighted by atomic mass is 10.4. The SMILES string of the molecule is C[C@H](O)CNS(=O)(=O)CCl. The Bertz CT molecular complexity index is 177. The second-order valence-electron chi connectivity index (χ2n) is 1.92. The lowest BCUT2D eigenvalue weighted by Crippen LogP contribution is -2.31. The molecule has 0 saturated heterocycles. The van der Waals surface area contributed by atoms with Crippen LogP contribution >= 0.6 is 11.6 Å². The third kappa shape index (κ3) is 4.99.